The Morgan fingerprint density at radius 1 is 1.59 bits per heavy atom. The molecule has 7 heteroatoms. The van der Waals surface area contributed by atoms with Gasteiger partial charge in [0.2, 0.25) is 0 Å². The van der Waals surface area contributed by atoms with Gasteiger partial charge < -0.3 is 5.73 Å². The highest BCUT2D eigenvalue weighted by Crippen LogP contribution is 2.32. The number of benzene rings is 1. The summed E-state index contributed by atoms with van der Waals surface area (Å²) in [7, 11) is 0. The number of H-pyrrole nitrogens is 1. The first-order chi connectivity index (χ1) is 8.11. The van der Waals surface area contributed by atoms with Gasteiger partial charge in [0.05, 0.1) is 5.02 Å². The van der Waals surface area contributed by atoms with E-state index in [0.717, 1.165) is 4.90 Å². The van der Waals surface area contributed by atoms with Crippen molar-refractivity contribution in [2.24, 2.45) is 0 Å². The summed E-state index contributed by atoms with van der Waals surface area (Å²) in [6, 6.07) is 5.24. The summed E-state index contributed by atoms with van der Waals surface area (Å²) < 4.78 is 1.54. The molecule has 0 radical (unpaired) electrons. The molecule has 1 heterocycles. The number of anilines is 1. The first-order valence-corrected chi connectivity index (χ1v) is 6.19. The molecule has 2 rings (SSSR count). The number of aromatic amines is 1. The highest BCUT2D eigenvalue weighted by molar-refractivity contribution is 7.99. The number of aromatic nitrogens is 3. The van der Waals surface area contributed by atoms with Gasteiger partial charge in [-0.3, -0.25) is 4.57 Å². The number of rotatable bonds is 3. The van der Waals surface area contributed by atoms with Gasteiger partial charge in [-0.1, -0.05) is 11.6 Å². The third-order valence-electron chi connectivity index (χ3n) is 2.20. The highest BCUT2D eigenvalue weighted by atomic mass is 35.5. The molecule has 0 amide bonds. The van der Waals surface area contributed by atoms with E-state index in [9.17, 15) is 4.79 Å². The number of nitrogen functional groups attached to an aromatic ring is 1. The Bertz CT molecular complexity index is 592. The van der Waals surface area contributed by atoms with Crippen LogP contribution in [0.25, 0.3) is 0 Å². The van der Waals surface area contributed by atoms with Gasteiger partial charge in [-0.15, -0.1) is 5.10 Å². The molecule has 0 aliphatic carbocycles. The van der Waals surface area contributed by atoms with Crippen molar-refractivity contribution in [3.63, 3.8) is 0 Å². The number of halogens is 1. The molecule has 0 unspecified atom stereocenters. The molecule has 2 aromatic rings. The fraction of sp³-hybridized carbons (Fsp3) is 0.200. The zero-order valence-corrected chi connectivity index (χ0v) is 10.7. The van der Waals surface area contributed by atoms with Gasteiger partial charge >= 0.3 is 5.69 Å². The number of nitrogens with two attached hydrogens (primary N) is 1. The van der Waals surface area contributed by atoms with Crippen LogP contribution in [-0.2, 0) is 6.54 Å². The molecule has 5 nitrogen and oxygen atoms in total. The van der Waals surface area contributed by atoms with Crippen LogP contribution in [0.3, 0.4) is 0 Å². The summed E-state index contributed by atoms with van der Waals surface area (Å²) >= 11 is 7.38. The lowest BCUT2D eigenvalue weighted by molar-refractivity contribution is 0.660. The molecule has 1 aromatic heterocycles. The average molecular weight is 271 g/mol. The summed E-state index contributed by atoms with van der Waals surface area (Å²) in [6.07, 6.45) is 0. The Hall–Kier alpha value is -1.40. The predicted octanol–water partition coefficient (Wildman–Crippen LogP) is 1.98. The molecule has 0 saturated heterocycles. The molecule has 0 atom stereocenters. The van der Waals surface area contributed by atoms with Gasteiger partial charge in [0.1, 0.15) is 0 Å². The molecule has 0 aliphatic rings. The molecule has 90 valence electrons. The Labute approximate surface area is 107 Å². The van der Waals surface area contributed by atoms with Gasteiger partial charge in [0.25, 0.3) is 0 Å². The van der Waals surface area contributed by atoms with Crippen LogP contribution >= 0.6 is 23.4 Å². The van der Waals surface area contributed by atoms with Crippen LogP contribution in [0.4, 0.5) is 5.69 Å². The van der Waals surface area contributed by atoms with Crippen LogP contribution in [0.5, 0.6) is 0 Å². The normalized spacial score (nSPS) is 10.7. The Morgan fingerprint density at radius 3 is 3.00 bits per heavy atom. The van der Waals surface area contributed by atoms with E-state index in [1.54, 1.807) is 12.1 Å². The monoisotopic (exact) mass is 270 g/mol. The van der Waals surface area contributed by atoms with Crippen molar-refractivity contribution in [3.05, 3.63) is 33.7 Å². The number of nitrogens with one attached hydrogen (secondary N) is 1. The van der Waals surface area contributed by atoms with Gasteiger partial charge in [-0.25, -0.2) is 9.89 Å². The largest absolute Gasteiger partial charge is 0.399 e. The second-order valence-corrected chi connectivity index (χ2v) is 4.76. The van der Waals surface area contributed by atoms with E-state index in [1.165, 1.54) is 16.3 Å². The van der Waals surface area contributed by atoms with Crippen LogP contribution in [0.1, 0.15) is 6.92 Å². The second kappa shape index (κ2) is 4.85. The van der Waals surface area contributed by atoms with Crippen molar-refractivity contribution in [2.45, 2.75) is 23.5 Å². The molecular weight excluding hydrogens is 260 g/mol. The molecule has 0 bridgehead atoms. The van der Waals surface area contributed by atoms with Crippen molar-refractivity contribution in [1.82, 2.24) is 14.8 Å². The minimum atomic E-state index is -0.221. The van der Waals surface area contributed by atoms with E-state index in [-0.39, 0.29) is 5.69 Å². The van der Waals surface area contributed by atoms with Crippen molar-refractivity contribution < 1.29 is 0 Å². The van der Waals surface area contributed by atoms with Crippen LogP contribution in [0.15, 0.2) is 33.0 Å². The second-order valence-electron chi connectivity index (χ2n) is 3.35. The minimum Gasteiger partial charge on any atom is -0.399 e. The van der Waals surface area contributed by atoms with Crippen molar-refractivity contribution >= 4 is 29.1 Å². The van der Waals surface area contributed by atoms with Gasteiger partial charge in [-0.05, 0) is 36.9 Å². The highest BCUT2D eigenvalue weighted by Gasteiger charge is 2.10. The quantitative estimate of drug-likeness (QED) is 0.836. The zero-order valence-electron chi connectivity index (χ0n) is 9.11. The van der Waals surface area contributed by atoms with E-state index < -0.39 is 0 Å². The topological polar surface area (TPSA) is 76.7 Å². The van der Waals surface area contributed by atoms with Crippen molar-refractivity contribution in [2.75, 3.05) is 5.73 Å². The lowest BCUT2D eigenvalue weighted by atomic mass is 10.3. The van der Waals surface area contributed by atoms with Crippen LogP contribution in [-0.4, -0.2) is 14.8 Å². The molecule has 0 spiro atoms. The minimum absolute atomic E-state index is 0.221. The fourth-order valence-electron chi connectivity index (χ4n) is 1.36. The summed E-state index contributed by atoms with van der Waals surface area (Å²) in [6.45, 7) is 2.44. The van der Waals surface area contributed by atoms with Crippen LogP contribution in [0, 0.1) is 0 Å². The Kier molecular flexibility index (Phi) is 3.44. The first kappa shape index (κ1) is 12.1. The predicted molar refractivity (Wildman–Crippen MR) is 68.5 cm³/mol. The van der Waals surface area contributed by atoms with Crippen LogP contribution in [0.2, 0.25) is 5.02 Å². The van der Waals surface area contributed by atoms with Gasteiger partial charge in [0.15, 0.2) is 5.16 Å². The number of nitrogens with zero attached hydrogens (tertiary/aromatic N) is 2. The standard InChI is InChI=1S/C10H11ClN4OS/c1-2-15-9(16)13-14-10(15)17-8-4-3-6(12)5-7(8)11/h3-5H,2,12H2,1H3,(H,13,16). The van der Waals surface area contributed by atoms with E-state index in [2.05, 4.69) is 10.2 Å². The van der Waals surface area contributed by atoms with Gasteiger partial charge in [0, 0.05) is 17.1 Å². The third kappa shape index (κ3) is 2.48. The van der Waals surface area contributed by atoms with Crippen molar-refractivity contribution in [1.29, 1.82) is 0 Å². The van der Waals surface area contributed by atoms with Crippen LogP contribution < -0.4 is 11.4 Å². The van der Waals surface area contributed by atoms with E-state index in [4.69, 9.17) is 17.3 Å². The molecular formula is C10H11ClN4OS. The van der Waals surface area contributed by atoms with Gasteiger partial charge in [-0.2, -0.15) is 0 Å². The lowest BCUT2D eigenvalue weighted by Crippen LogP contribution is -2.15. The summed E-state index contributed by atoms with van der Waals surface area (Å²) in [5.74, 6) is 0. The molecule has 0 saturated carbocycles. The molecule has 1 aromatic carbocycles. The molecule has 0 aliphatic heterocycles. The summed E-state index contributed by atoms with van der Waals surface area (Å²) in [4.78, 5) is 12.2. The number of hydrogen-bond donors (Lipinski definition) is 2. The smallest absolute Gasteiger partial charge is 0.343 e. The van der Waals surface area contributed by atoms with E-state index >= 15 is 0 Å². The fourth-order valence-corrected chi connectivity index (χ4v) is 2.57. The Balaban J connectivity index is 2.34. The van der Waals surface area contributed by atoms with E-state index in [0.29, 0.717) is 22.4 Å². The molecule has 0 fully saturated rings. The van der Waals surface area contributed by atoms with E-state index in [1.807, 2.05) is 13.0 Å². The first-order valence-electron chi connectivity index (χ1n) is 5.00. The SMILES string of the molecule is CCn1c(Sc2ccc(N)cc2Cl)n[nH]c1=O. The molecule has 3 N–H and O–H groups in total. The maximum Gasteiger partial charge on any atom is 0.343 e. The summed E-state index contributed by atoms with van der Waals surface area (Å²) in [5.41, 5.74) is 6.00. The third-order valence-corrected chi connectivity index (χ3v) is 3.69. The summed E-state index contributed by atoms with van der Waals surface area (Å²) in [5, 5.41) is 7.49. The molecule has 17 heavy (non-hydrogen) atoms. The number of hydrogen-bond acceptors (Lipinski definition) is 4. The zero-order chi connectivity index (χ0) is 12.4. The maximum absolute atomic E-state index is 11.4. The average Bonchev–Trinajstić information content (AvgIpc) is 2.63. The lowest BCUT2D eigenvalue weighted by Gasteiger charge is -2.04. The van der Waals surface area contributed by atoms with Crippen molar-refractivity contribution in [3.8, 4) is 0 Å². The maximum atomic E-state index is 11.4. The Morgan fingerprint density at radius 2 is 2.35 bits per heavy atom.